The van der Waals surface area contributed by atoms with Gasteiger partial charge in [-0.25, -0.2) is 0 Å². The van der Waals surface area contributed by atoms with E-state index < -0.39 is 7.60 Å². The summed E-state index contributed by atoms with van der Waals surface area (Å²) in [5, 5.41) is 0.897. The normalized spacial score (nSPS) is 11.7. The van der Waals surface area contributed by atoms with Crippen LogP contribution in [0.3, 0.4) is 0 Å². The predicted molar refractivity (Wildman–Crippen MR) is 99.7 cm³/mol. The van der Waals surface area contributed by atoms with Crippen LogP contribution in [0.5, 0.6) is 0 Å². The van der Waals surface area contributed by atoms with Gasteiger partial charge in [-0.2, -0.15) is 0 Å². The third-order valence-corrected chi connectivity index (χ3v) is 5.40. The maximum absolute atomic E-state index is 13.2. The fourth-order valence-electron chi connectivity index (χ4n) is 3.43. The van der Waals surface area contributed by atoms with E-state index in [1.54, 1.807) is 30.3 Å². The Hall–Kier alpha value is -2.26. The van der Waals surface area contributed by atoms with Gasteiger partial charge in [0.25, 0.3) is 0 Å². The highest BCUT2D eigenvalue weighted by Crippen LogP contribution is 2.39. The van der Waals surface area contributed by atoms with E-state index in [-0.39, 0.29) is 16.7 Å². The highest BCUT2D eigenvalue weighted by atomic mass is 31.2. The zero-order valence-electron chi connectivity index (χ0n) is 14.3. The fraction of sp³-hybridized carbons (Fsp3) is 0.150. The maximum atomic E-state index is 13.2. The lowest BCUT2D eigenvalue weighted by Gasteiger charge is -2.16. The molecule has 3 aromatic rings. The zero-order chi connectivity index (χ0) is 18.4. The van der Waals surface area contributed by atoms with E-state index in [2.05, 4.69) is 0 Å². The molecule has 0 fully saturated rings. The quantitative estimate of drug-likeness (QED) is 0.554. The number of carbonyl (C=O) groups is 1. The summed E-state index contributed by atoms with van der Waals surface area (Å²) in [6.07, 6.45) is 0. The van der Waals surface area contributed by atoms with Crippen LogP contribution in [-0.4, -0.2) is 15.6 Å². The number of ketones is 1. The Kier molecular flexibility index (Phi) is 4.38. The summed E-state index contributed by atoms with van der Waals surface area (Å²) in [6.45, 7) is 5.63. The van der Waals surface area contributed by atoms with Crippen LogP contribution in [0.15, 0.2) is 48.5 Å². The van der Waals surface area contributed by atoms with Crippen LogP contribution in [0.25, 0.3) is 10.8 Å². The molecule has 4 nitrogen and oxygen atoms in total. The van der Waals surface area contributed by atoms with Gasteiger partial charge in [0.1, 0.15) is 0 Å². The maximum Gasteiger partial charge on any atom is 0.357 e. The Morgan fingerprint density at radius 3 is 2.12 bits per heavy atom. The second kappa shape index (κ2) is 6.23. The molecule has 0 spiro atoms. The number of aryl methyl sites for hydroxylation is 3. The number of benzene rings is 3. The van der Waals surface area contributed by atoms with Crippen molar-refractivity contribution in [3.8, 4) is 0 Å². The van der Waals surface area contributed by atoms with E-state index in [9.17, 15) is 19.1 Å². The number of rotatable bonds is 3. The van der Waals surface area contributed by atoms with Gasteiger partial charge in [0, 0.05) is 11.1 Å². The van der Waals surface area contributed by atoms with Crippen molar-refractivity contribution < 1.29 is 19.1 Å². The summed E-state index contributed by atoms with van der Waals surface area (Å²) in [4.78, 5) is 33.0. The van der Waals surface area contributed by atoms with Gasteiger partial charge >= 0.3 is 7.60 Å². The van der Waals surface area contributed by atoms with Gasteiger partial charge in [-0.1, -0.05) is 48.0 Å². The first-order chi connectivity index (χ1) is 11.7. The summed E-state index contributed by atoms with van der Waals surface area (Å²) in [5.41, 5.74) is 3.19. The second-order valence-corrected chi connectivity index (χ2v) is 7.87. The molecular weight excluding hydrogens is 335 g/mol. The molecular formula is C20H19O4P. The van der Waals surface area contributed by atoms with Crippen molar-refractivity contribution in [2.75, 3.05) is 0 Å². The van der Waals surface area contributed by atoms with Crippen molar-refractivity contribution in [1.29, 1.82) is 0 Å². The molecule has 0 amide bonds. The number of fused-ring (bicyclic) bond motifs is 1. The third-order valence-electron chi connectivity index (χ3n) is 4.34. The van der Waals surface area contributed by atoms with Gasteiger partial charge in [0.15, 0.2) is 5.78 Å². The van der Waals surface area contributed by atoms with Gasteiger partial charge in [-0.05, 0) is 48.7 Å². The first kappa shape index (κ1) is 17.6. The van der Waals surface area contributed by atoms with Crippen LogP contribution < -0.4 is 5.30 Å². The van der Waals surface area contributed by atoms with E-state index in [0.29, 0.717) is 16.3 Å². The Morgan fingerprint density at radius 1 is 0.920 bits per heavy atom. The Labute approximate surface area is 146 Å². The average molecular weight is 354 g/mol. The number of hydrogen-bond acceptors (Lipinski definition) is 2. The van der Waals surface area contributed by atoms with E-state index >= 15 is 0 Å². The standard InChI is InChI=1S/C20H19O4P/c1-12-10-13(2)18(14(3)11-12)19(21)17-9-8-15-6-4-5-7-16(15)20(17)25(22,23)24/h4-11H,1-3H3,(H2,22,23,24). The molecule has 0 heterocycles. The summed E-state index contributed by atoms with van der Waals surface area (Å²) in [5.74, 6) is -0.362. The van der Waals surface area contributed by atoms with Gasteiger partial charge in [0.2, 0.25) is 0 Å². The molecule has 0 saturated heterocycles. The zero-order valence-corrected chi connectivity index (χ0v) is 15.2. The highest BCUT2D eigenvalue weighted by molar-refractivity contribution is 7.61. The SMILES string of the molecule is Cc1cc(C)c(C(=O)c2ccc3ccccc3c2P(=O)(O)O)c(C)c1. The van der Waals surface area contributed by atoms with Crippen LogP contribution in [0, 0.1) is 20.8 Å². The van der Waals surface area contributed by atoms with Gasteiger partial charge in [0.05, 0.1) is 5.30 Å². The molecule has 0 bridgehead atoms. The largest absolute Gasteiger partial charge is 0.357 e. The molecule has 0 aliphatic heterocycles. The molecule has 0 saturated carbocycles. The van der Waals surface area contributed by atoms with E-state index in [1.807, 2.05) is 32.9 Å². The first-order valence-corrected chi connectivity index (χ1v) is 9.52. The molecule has 0 radical (unpaired) electrons. The summed E-state index contributed by atoms with van der Waals surface area (Å²) >= 11 is 0. The van der Waals surface area contributed by atoms with Crippen molar-refractivity contribution in [2.24, 2.45) is 0 Å². The molecule has 0 aromatic heterocycles. The minimum Gasteiger partial charge on any atom is -0.321 e. The summed E-state index contributed by atoms with van der Waals surface area (Å²) < 4.78 is 12.2. The third kappa shape index (κ3) is 3.16. The lowest BCUT2D eigenvalue weighted by atomic mass is 9.92. The smallest absolute Gasteiger partial charge is 0.321 e. The highest BCUT2D eigenvalue weighted by Gasteiger charge is 2.29. The number of carbonyl (C=O) groups excluding carboxylic acids is 1. The molecule has 0 aliphatic rings. The molecule has 5 heteroatoms. The van der Waals surface area contributed by atoms with Crippen molar-refractivity contribution in [3.05, 3.63) is 76.3 Å². The molecule has 0 atom stereocenters. The van der Waals surface area contributed by atoms with Crippen molar-refractivity contribution in [3.63, 3.8) is 0 Å². The van der Waals surface area contributed by atoms with Crippen LogP contribution in [0.1, 0.15) is 32.6 Å². The molecule has 0 unspecified atom stereocenters. The first-order valence-electron chi connectivity index (χ1n) is 7.90. The molecule has 128 valence electrons. The topological polar surface area (TPSA) is 74.6 Å². The molecule has 0 aliphatic carbocycles. The van der Waals surface area contributed by atoms with Crippen LogP contribution in [-0.2, 0) is 4.57 Å². The van der Waals surface area contributed by atoms with E-state index in [4.69, 9.17) is 0 Å². The van der Waals surface area contributed by atoms with Crippen LogP contribution in [0.4, 0.5) is 0 Å². The molecule has 3 rings (SSSR count). The lowest BCUT2D eigenvalue weighted by Crippen LogP contribution is -2.19. The minimum atomic E-state index is -4.64. The van der Waals surface area contributed by atoms with Gasteiger partial charge < -0.3 is 9.79 Å². The summed E-state index contributed by atoms with van der Waals surface area (Å²) in [6, 6.07) is 13.9. The second-order valence-electron chi connectivity index (χ2n) is 6.33. The van der Waals surface area contributed by atoms with Crippen molar-refractivity contribution >= 4 is 29.5 Å². The summed E-state index contributed by atoms with van der Waals surface area (Å²) in [7, 11) is -4.64. The molecule has 2 N–H and O–H groups in total. The Morgan fingerprint density at radius 2 is 1.52 bits per heavy atom. The van der Waals surface area contributed by atoms with Crippen molar-refractivity contribution in [1.82, 2.24) is 0 Å². The van der Waals surface area contributed by atoms with E-state index in [0.717, 1.165) is 16.7 Å². The van der Waals surface area contributed by atoms with E-state index in [1.165, 1.54) is 6.07 Å². The van der Waals surface area contributed by atoms with Gasteiger partial charge in [-0.15, -0.1) is 0 Å². The van der Waals surface area contributed by atoms with Gasteiger partial charge in [-0.3, -0.25) is 9.36 Å². The minimum absolute atomic E-state index is 0.0575. The fourth-order valence-corrected chi connectivity index (χ4v) is 4.43. The molecule has 3 aromatic carbocycles. The predicted octanol–water partition coefficient (Wildman–Crippen LogP) is 3.80. The number of hydrogen-bond donors (Lipinski definition) is 2. The molecule has 25 heavy (non-hydrogen) atoms. The van der Waals surface area contributed by atoms with Crippen LogP contribution in [0.2, 0.25) is 0 Å². The Bertz CT molecular complexity index is 1020. The van der Waals surface area contributed by atoms with Crippen molar-refractivity contribution in [2.45, 2.75) is 20.8 Å². The lowest BCUT2D eigenvalue weighted by molar-refractivity contribution is 0.103. The average Bonchev–Trinajstić information content (AvgIpc) is 2.51. The van der Waals surface area contributed by atoms with Crippen LogP contribution >= 0.6 is 7.60 Å². The monoisotopic (exact) mass is 354 g/mol. The Balaban J connectivity index is 2.33.